The van der Waals surface area contributed by atoms with Gasteiger partial charge in [-0.05, 0) is 75.2 Å². The van der Waals surface area contributed by atoms with Crippen molar-refractivity contribution in [2.75, 3.05) is 24.5 Å². The predicted molar refractivity (Wildman–Crippen MR) is 146 cm³/mol. The summed E-state index contributed by atoms with van der Waals surface area (Å²) in [5.41, 5.74) is 2.60. The molecule has 194 valence electrons. The van der Waals surface area contributed by atoms with Crippen LogP contribution in [0.4, 0.5) is 10.5 Å². The van der Waals surface area contributed by atoms with Crippen molar-refractivity contribution < 1.29 is 14.3 Å². The molecule has 4 aliphatic heterocycles. The van der Waals surface area contributed by atoms with Crippen LogP contribution in [-0.2, 0) is 4.79 Å². The zero-order valence-electron chi connectivity index (χ0n) is 21.0. The molecule has 8 nitrogen and oxygen atoms in total. The summed E-state index contributed by atoms with van der Waals surface area (Å²) in [6.07, 6.45) is 4.28. The summed E-state index contributed by atoms with van der Waals surface area (Å²) in [6, 6.07) is 15.6. The van der Waals surface area contributed by atoms with Crippen molar-refractivity contribution in [3.05, 3.63) is 64.7 Å². The van der Waals surface area contributed by atoms with Crippen LogP contribution in [0.15, 0.2) is 59.1 Å². The van der Waals surface area contributed by atoms with E-state index in [9.17, 15) is 9.59 Å². The summed E-state index contributed by atoms with van der Waals surface area (Å²) < 4.78 is 6.00. The van der Waals surface area contributed by atoms with Crippen molar-refractivity contribution in [2.45, 2.75) is 50.1 Å². The van der Waals surface area contributed by atoms with E-state index in [1.165, 1.54) is 12.8 Å². The Morgan fingerprint density at radius 1 is 1.08 bits per heavy atom. The third-order valence-electron chi connectivity index (χ3n) is 7.68. The maximum atomic E-state index is 13.5. The maximum absolute atomic E-state index is 13.5. The molecule has 0 aliphatic carbocycles. The van der Waals surface area contributed by atoms with E-state index < -0.39 is 0 Å². The lowest BCUT2D eigenvalue weighted by atomic mass is 9.86. The number of hydrogen-bond acceptors (Lipinski definition) is 6. The lowest BCUT2D eigenvalue weighted by Crippen LogP contribution is -2.62. The van der Waals surface area contributed by atoms with E-state index in [4.69, 9.17) is 4.74 Å². The highest BCUT2D eigenvalue weighted by Gasteiger charge is 2.51. The van der Waals surface area contributed by atoms with E-state index in [-0.39, 0.29) is 29.3 Å². The minimum absolute atomic E-state index is 0.0209. The van der Waals surface area contributed by atoms with E-state index in [0.29, 0.717) is 17.5 Å². The molecular formula is C28H33N5O3S. The van der Waals surface area contributed by atoms with Crippen LogP contribution in [0.25, 0.3) is 0 Å². The van der Waals surface area contributed by atoms with Gasteiger partial charge in [0.2, 0.25) is 0 Å². The molecule has 3 unspecified atom stereocenters. The van der Waals surface area contributed by atoms with Gasteiger partial charge in [0.1, 0.15) is 11.5 Å². The molecule has 0 bridgehead atoms. The topological polar surface area (TPSA) is 94.7 Å². The fourth-order valence-electron chi connectivity index (χ4n) is 5.88. The van der Waals surface area contributed by atoms with Gasteiger partial charge in [-0.25, -0.2) is 4.79 Å². The number of amides is 3. The zero-order valence-corrected chi connectivity index (χ0v) is 21.8. The second-order valence-electron chi connectivity index (χ2n) is 10.1. The summed E-state index contributed by atoms with van der Waals surface area (Å²) in [7, 11) is 0. The number of anilines is 1. The third kappa shape index (κ3) is 4.83. The van der Waals surface area contributed by atoms with Gasteiger partial charge in [0.05, 0.1) is 16.3 Å². The van der Waals surface area contributed by atoms with Crippen LogP contribution >= 0.6 is 11.8 Å². The van der Waals surface area contributed by atoms with Crippen molar-refractivity contribution in [3.8, 4) is 11.5 Å². The Kier molecular flexibility index (Phi) is 6.84. The number of carbonyl (C=O) groups excluding carboxylic acids is 2. The average Bonchev–Trinajstić information content (AvgIpc) is 3.29. The molecule has 4 N–H and O–H groups in total. The van der Waals surface area contributed by atoms with Crippen molar-refractivity contribution >= 4 is 29.4 Å². The van der Waals surface area contributed by atoms with Crippen LogP contribution < -0.4 is 30.9 Å². The summed E-state index contributed by atoms with van der Waals surface area (Å²) in [6.45, 7) is 4.42. The Labute approximate surface area is 221 Å². The zero-order chi connectivity index (χ0) is 25.4. The molecule has 3 amide bonds. The van der Waals surface area contributed by atoms with Crippen molar-refractivity contribution in [1.82, 2.24) is 21.3 Å². The first kappa shape index (κ1) is 24.3. The molecule has 0 aromatic heterocycles. The Balaban J connectivity index is 1.22. The molecule has 0 spiro atoms. The summed E-state index contributed by atoms with van der Waals surface area (Å²) in [5, 5.41) is 13.3. The highest BCUT2D eigenvalue weighted by atomic mass is 32.2. The number of benzene rings is 2. The number of thioether (sulfide) groups is 1. The largest absolute Gasteiger partial charge is 0.457 e. The number of nitrogens with zero attached hydrogens (tertiary/aromatic N) is 1. The molecular weight excluding hydrogens is 486 g/mol. The third-order valence-corrected chi connectivity index (χ3v) is 9.03. The highest BCUT2D eigenvalue weighted by Crippen LogP contribution is 2.48. The van der Waals surface area contributed by atoms with Crippen LogP contribution in [0, 0.1) is 12.8 Å². The quantitative estimate of drug-likeness (QED) is 0.463. The highest BCUT2D eigenvalue weighted by molar-refractivity contribution is 8.04. The van der Waals surface area contributed by atoms with Crippen LogP contribution in [0.2, 0.25) is 0 Å². The first-order valence-electron chi connectivity index (χ1n) is 13.2. The summed E-state index contributed by atoms with van der Waals surface area (Å²) in [4.78, 5) is 29.3. The second kappa shape index (κ2) is 10.4. The van der Waals surface area contributed by atoms with E-state index >= 15 is 0 Å². The van der Waals surface area contributed by atoms with E-state index in [0.717, 1.165) is 54.4 Å². The summed E-state index contributed by atoms with van der Waals surface area (Å²) in [5.74, 6) is 1.45. The Morgan fingerprint density at radius 3 is 2.73 bits per heavy atom. The molecule has 9 heteroatoms. The van der Waals surface area contributed by atoms with Crippen LogP contribution in [0.5, 0.6) is 11.5 Å². The molecule has 37 heavy (non-hydrogen) atoms. The van der Waals surface area contributed by atoms with Gasteiger partial charge in [-0.2, -0.15) is 0 Å². The van der Waals surface area contributed by atoms with Crippen LogP contribution in [-0.4, -0.2) is 49.0 Å². The predicted octanol–water partition coefficient (Wildman–Crippen LogP) is 3.84. The number of nitrogens with one attached hydrogen (secondary N) is 4. The molecule has 4 atom stereocenters. The molecule has 0 saturated carbocycles. The lowest BCUT2D eigenvalue weighted by Gasteiger charge is -2.46. The second-order valence-corrected chi connectivity index (χ2v) is 11.3. The lowest BCUT2D eigenvalue weighted by molar-refractivity contribution is -0.117. The van der Waals surface area contributed by atoms with Gasteiger partial charge in [0, 0.05) is 29.9 Å². The number of rotatable bonds is 6. The molecule has 2 aromatic carbocycles. The molecule has 2 aromatic rings. The fraction of sp³-hybridized carbons (Fsp3) is 0.429. The number of piperidine rings is 2. The maximum Gasteiger partial charge on any atom is 0.326 e. The molecule has 3 fully saturated rings. The summed E-state index contributed by atoms with van der Waals surface area (Å²) >= 11 is 1.55. The molecule has 4 aliphatic rings. The number of aryl methyl sites for hydroxylation is 1. The first-order chi connectivity index (χ1) is 18.1. The standard InChI is InChI=1S/C28H33N5O3S/c1-17-15-20(36-19-8-3-2-4-9-19)10-11-21(17)33-22-12-14-30-27-23(22)24(32-28(33)35)25(37-27)26(34)31-16-18-7-5-6-13-29-18/h2-4,8-11,15,18,22-23,27,29-30H,5-7,12-14,16H2,1H3,(H,31,34)(H,32,35)/t18-,22?,23?,27?/m0/s1. The number of urea groups is 1. The minimum Gasteiger partial charge on any atom is -0.457 e. The van der Waals surface area contributed by atoms with E-state index in [1.54, 1.807) is 11.8 Å². The van der Waals surface area contributed by atoms with Crippen molar-refractivity contribution in [1.29, 1.82) is 0 Å². The number of para-hydroxylation sites is 1. The van der Waals surface area contributed by atoms with Crippen LogP contribution in [0.3, 0.4) is 0 Å². The SMILES string of the molecule is Cc1cc(Oc2ccccc2)ccc1N1C(=O)NC2=C(C(=O)NC[C@@H]3CCCCN3)SC3NCCC1C23. The normalized spacial score (nSPS) is 26.9. The van der Waals surface area contributed by atoms with Gasteiger partial charge >= 0.3 is 6.03 Å². The van der Waals surface area contributed by atoms with Gasteiger partial charge in [0.15, 0.2) is 0 Å². The smallest absolute Gasteiger partial charge is 0.326 e. The molecule has 3 saturated heterocycles. The first-order valence-corrected chi connectivity index (χ1v) is 14.1. The van der Waals surface area contributed by atoms with Crippen LogP contribution in [0.1, 0.15) is 31.2 Å². The molecule has 4 heterocycles. The molecule has 0 radical (unpaired) electrons. The Morgan fingerprint density at radius 2 is 1.95 bits per heavy atom. The van der Waals surface area contributed by atoms with Gasteiger partial charge in [-0.3, -0.25) is 9.69 Å². The number of carbonyl (C=O) groups is 2. The number of hydrogen-bond donors (Lipinski definition) is 4. The fourth-order valence-corrected chi connectivity index (χ4v) is 7.30. The monoisotopic (exact) mass is 519 g/mol. The Hall–Kier alpha value is -3.01. The van der Waals surface area contributed by atoms with E-state index in [1.807, 2.05) is 60.4 Å². The van der Waals surface area contributed by atoms with Gasteiger partial charge in [-0.15, -0.1) is 0 Å². The van der Waals surface area contributed by atoms with Crippen molar-refractivity contribution in [2.24, 2.45) is 5.92 Å². The molecule has 6 rings (SSSR count). The number of ether oxygens (including phenoxy) is 1. The van der Waals surface area contributed by atoms with Gasteiger partial charge in [0.25, 0.3) is 5.91 Å². The van der Waals surface area contributed by atoms with Gasteiger partial charge < -0.3 is 26.0 Å². The van der Waals surface area contributed by atoms with Crippen molar-refractivity contribution in [3.63, 3.8) is 0 Å². The Bertz CT molecular complexity index is 1210. The van der Waals surface area contributed by atoms with Gasteiger partial charge in [-0.1, -0.05) is 36.4 Å². The minimum atomic E-state index is -0.182. The average molecular weight is 520 g/mol. The van der Waals surface area contributed by atoms with E-state index in [2.05, 4.69) is 21.3 Å².